The van der Waals surface area contributed by atoms with Crippen molar-refractivity contribution in [3.63, 3.8) is 0 Å². The summed E-state index contributed by atoms with van der Waals surface area (Å²) >= 11 is 0. The predicted octanol–water partition coefficient (Wildman–Crippen LogP) is 3.33. The van der Waals surface area contributed by atoms with Gasteiger partial charge in [-0.15, -0.1) is 0 Å². The molecule has 1 saturated heterocycles. The minimum atomic E-state index is -0.0976. The summed E-state index contributed by atoms with van der Waals surface area (Å²) in [5, 5.41) is 9.08. The van der Waals surface area contributed by atoms with Gasteiger partial charge in [0.25, 0.3) is 0 Å². The Bertz CT molecular complexity index is 434. The molecule has 0 saturated carbocycles. The highest BCUT2D eigenvalue weighted by Crippen LogP contribution is 2.29. The Balaban J connectivity index is 1.80. The molecule has 18 heavy (non-hydrogen) atoms. The van der Waals surface area contributed by atoms with E-state index < -0.39 is 0 Å². The van der Waals surface area contributed by atoms with Gasteiger partial charge >= 0.3 is 0 Å². The minimum absolute atomic E-state index is 0.0976. The molecule has 2 heteroatoms. The number of nitrogens with zero attached hydrogens (tertiary/aromatic N) is 2. The fraction of sp³-hybridized carbons (Fsp3) is 0.438. The van der Waals surface area contributed by atoms with Crippen LogP contribution >= 0.6 is 0 Å². The Morgan fingerprint density at radius 1 is 1.28 bits per heavy atom. The summed E-state index contributed by atoms with van der Waals surface area (Å²) in [4.78, 5) is 2.42. The Kier molecular flexibility index (Phi) is 4.17. The average molecular weight is 240 g/mol. The van der Waals surface area contributed by atoms with E-state index in [9.17, 15) is 0 Å². The molecule has 0 amide bonds. The first-order chi connectivity index (χ1) is 8.72. The summed E-state index contributed by atoms with van der Waals surface area (Å²) in [6.45, 7) is 5.12. The number of likely N-dealkylation sites (tertiary alicyclic amines) is 1. The first-order valence-corrected chi connectivity index (χ1v) is 6.57. The van der Waals surface area contributed by atoms with Gasteiger partial charge in [-0.3, -0.25) is 4.90 Å². The van der Waals surface area contributed by atoms with Crippen LogP contribution in [-0.4, -0.2) is 24.5 Å². The van der Waals surface area contributed by atoms with Gasteiger partial charge in [0.05, 0.1) is 11.5 Å². The van der Waals surface area contributed by atoms with Crippen LogP contribution in [0.1, 0.15) is 25.3 Å². The van der Waals surface area contributed by atoms with E-state index in [2.05, 4.69) is 54.3 Å². The molecule has 1 heterocycles. The van der Waals surface area contributed by atoms with Crippen molar-refractivity contribution < 1.29 is 0 Å². The molecule has 0 unspecified atom stereocenters. The summed E-state index contributed by atoms with van der Waals surface area (Å²) in [6, 6.07) is 12.8. The number of hydrogen-bond donors (Lipinski definition) is 0. The van der Waals surface area contributed by atoms with Gasteiger partial charge in [0, 0.05) is 6.54 Å². The molecule has 0 aromatic heterocycles. The first kappa shape index (κ1) is 12.9. The van der Waals surface area contributed by atoms with Crippen molar-refractivity contribution in [3.05, 3.63) is 42.0 Å². The molecule has 1 aliphatic rings. The normalized spacial score (nSPS) is 19.8. The number of benzene rings is 1. The van der Waals surface area contributed by atoms with Gasteiger partial charge in [-0.05, 0) is 38.4 Å². The monoisotopic (exact) mass is 240 g/mol. The van der Waals surface area contributed by atoms with E-state index in [-0.39, 0.29) is 5.41 Å². The van der Waals surface area contributed by atoms with Crippen molar-refractivity contribution >= 4 is 6.08 Å². The van der Waals surface area contributed by atoms with Crippen LogP contribution in [0.2, 0.25) is 0 Å². The molecule has 1 aliphatic heterocycles. The molecule has 0 aliphatic carbocycles. The fourth-order valence-electron chi connectivity index (χ4n) is 2.24. The second-order valence-corrected chi connectivity index (χ2v) is 5.29. The maximum atomic E-state index is 9.08. The molecular formula is C16H20N2. The smallest absolute Gasteiger partial charge is 0.0687 e. The van der Waals surface area contributed by atoms with Gasteiger partial charge in [-0.2, -0.15) is 5.26 Å². The van der Waals surface area contributed by atoms with Crippen LogP contribution in [0.4, 0.5) is 0 Å². The number of nitriles is 1. The lowest BCUT2D eigenvalue weighted by atomic mass is 9.82. The summed E-state index contributed by atoms with van der Waals surface area (Å²) in [5.74, 6) is 0. The van der Waals surface area contributed by atoms with E-state index in [0.29, 0.717) is 0 Å². The maximum Gasteiger partial charge on any atom is 0.0687 e. The van der Waals surface area contributed by atoms with Crippen molar-refractivity contribution in [2.75, 3.05) is 19.6 Å². The standard InChI is InChI=1S/C16H20N2/c1-16(14-17)9-12-18(13-10-16)11-5-8-15-6-3-2-4-7-15/h2-8H,9-13H2,1H3/b8-5+. The van der Waals surface area contributed by atoms with Crippen molar-refractivity contribution in [1.82, 2.24) is 4.90 Å². The molecule has 1 aromatic rings. The minimum Gasteiger partial charge on any atom is -0.300 e. The van der Waals surface area contributed by atoms with Crippen molar-refractivity contribution in [3.8, 4) is 6.07 Å². The van der Waals surface area contributed by atoms with Gasteiger partial charge in [-0.1, -0.05) is 42.5 Å². The van der Waals surface area contributed by atoms with Gasteiger partial charge < -0.3 is 0 Å². The number of hydrogen-bond acceptors (Lipinski definition) is 2. The molecule has 0 bridgehead atoms. The molecule has 1 aromatic carbocycles. The molecule has 0 N–H and O–H groups in total. The second kappa shape index (κ2) is 5.84. The van der Waals surface area contributed by atoms with Gasteiger partial charge in [-0.25, -0.2) is 0 Å². The van der Waals surface area contributed by atoms with E-state index in [0.717, 1.165) is 32.5 Å². The third kappa shape index (κ3) is 3.45. The van der Waals surface area contributed by atoms with E-state index in [4.69, 9.17) is 5.26 Å². The summed E-state index contributed by atoms with van der Waals surface area (Å²) in [6.07, 6.45) is 6.35. The van der Waals surface area contributed by atoms with E-state index in [1.165, 1.54) is 5.56 Å². The molecule has 2 nitrogen and oxygen atoms in total. The van der Waals surface area contributed by atoms with Crippen LogP contribution in [0, 0.1) is 16.7 Å². The van der Waals surface area contributed by atoms with Crippen LogP contribution < -0.4 is 0 Å². The van der Waals surface area contributed by atoms with Crippen molar-refractivity contribution in [2.45, 2.75) is 19.8 Å². The highest BCUT2D eigenvalue weighted by Gasteiger charge is 2.29. The molecular weight excluding hydrogens is 220 g/mol. The molecule has 0 spiro atoms. The van der Waals surface area contributed by atoms with Gasteiger partial charge in [0.1, 0.15) is 0 Å². The second-order valence-electron chi connectivity index (χ2n) is 5.29. The molecule has 94 valence electrons. The zero-order valence-electron chi connectivity index (χ0n) is 11.0. The van der Waals surface area contributed by atoms with E-state index in [1.54, 1.807) is 0 Å². The lowest BCUT2D eigenvalue weighted by Crippen LogP contribution is -2.37. The Morgan fingerprint density at radius 3 is 2.56 bits per heavy atom. The Hall–Kier alpha value is -1.59. The molecule has 0 atom stereocenters. The summed E-state index contributed by atoms with van der Waals surface area (Å²) < 4.78 is 0. The van der Waals surface area contributed by atoms with Crippen LogP contribution in [0.3, 0.4) is 0 Å². The van der Waals surface area contributed by atoms with Crippen LogP contribution in [0.25, 0.3) is 6.08 Å². The van der Waals surface area contributed by atoms with E-state index >= 15 is 0 Å². The van der Waals surface area contributed by atoms with Crippen molar-refractivity contribution in [2.24, 2.45) is 5.41 Å². The van der Waals surface area contributed by atoms with E-state index in [1.807, 2.05) is 6.07 Å². The number of piperidine rings is 1. The van der Waals surface area contributed by atoms with Crippen LogP contribution in [0.15, 0.2) is 36.4 Å². The predicted molar refractivity (Wildman–Crippen MR) is 74.9 cm³/mol. The maximum absolute atomic E-state index is 9.08. The molecule has 2 rings (SSSR count). The van der Waals surface area contributed by atoms with Crippen molar-refractivity contribution in [1.29, 1.82) is 5.26 Å². The zero-order chi connectivity index (χ0) is 12.8. The SMILES string of the molecule is CC1(C#N)CCN(C/C=C/c2ccccc2)CC1. The highest BCUT2D eigenvalue weighted by atomic mass is 15.1. The third-order valence-corrected chi connectivity index (χ3v) is 3.70. The third-order valence-electron chi connectivity index (χ3n) is 3.70. The number of rotatable bonds is 3. The lowest BCUT2D eigenvalue weighted by molar-refractivity contribution is 0.170. The topological polar surface area (TPSA) is 27.0 Å². The quantitative estimate of drug-likeness (QED) is 0.810. The average Bonchev–Trinajstić information content (AvgIpc) is 2.42. The molecule has 0 radical (unpaired) electrons. The van der Waals surface area contributed by atoms with Crippen LogP contribution in [-0.2, 0) is 0 Å². The van der Waals surface area contributed by atoms with Gasteiger partial charge in [0.15, 0.2) is 0 Å². The Morgan fingerprint density at radius 2 is 1.94 bits per heavy atom. The molecule has 1 fully saturated rings. The summed E-state index contributed by atoms with van der Waals surface area (Å²) in [5.41, 5.74) is 1.15. The van der Waals surface area contributed by atoms with Crippen LogP contribution in [0.5, 0.6) is 0 Å². The summed E-state index contributed by atoms with van der Waals surface area (Å²) in [7, 11) is 0. The fourth-order valence-corrected chi connectivity index (χ4v) is 2.24. The van der Waals surface area contributed by atoms with Gasteiger partial charge in [0.2, 0.25) is 0 Å². The highest BCUT2D eigenvalue weighted by molar-refractivity contribution is 5.48. The first-order valence-electron chi connectivity index (χ1n) is 6.57. The zero-order valence-corrected chi connectivity index (χ0v) is 11.0. The Labute approximate surface area is 110 Å². The largest absolute Gasteiger partial charge is 0.300 e. The lowest BCUT2D eigenvalue weighted by Gasteiger charge is -2.34.